The van der Waals surface area contributed by atoms with Gasteiger partial charge in [-0.2, -0.15) is 0 Å². The van der Waals surface area contributed by atoms with Gasteiger partial charge in [-0.1, -0.05) is 43.2 Å². The first-order valence-corrected chi connectivity index (χ1v) is 11.7. The summed E-state index contributed by atoms with van der Waals surface area (Å²) in [5.74, 6) is -0.390. The van der Waals surface area contributed by atoms with Gasteiger partial charge in [0.2, 0.25) is 5.91 Å². The number of likely N-dealkylation sites (tertiary alicyclic amines) is 1. The lowest BCUT2D eigenvalue weighted by Gasteiger charge is -2.30. The first-order chi connectivity index (χ1) is 15.0. The van der Waals surface area contributed by atoms with Crippen molar-refractivity contribution in [3.8, 4) is 0 Å². The molecule has 4 rings (SSSR count). The van der Waals surface area contributed by atoms with Crippen LogP contribution >= 0.6 is 11.3 Å². The minimum Gasteiger partial charge on any atom is -0.365 e. The normalized spacial score (nSPS) is 17.4. The first-order valence-electron chi connectivity index (χ1n) is 10.9. The zero-order chi connectivity index (χ0) is 21.8. The fourth-order valence-corrected chi connectivity index (χ4v) is 5.63. The molecule has 0 saturated carbocycles. The molecule has 3 aromatic rings. The number of hydrogen-bond acceptors (Lipinski definition) is 4. The van der Waals surface area contributed by atoms with E-state index in [1.54, 1.807) is 0 Å². The third-order valence-electron chi connectivity index (χ3n) is 6.02. The van der Waals surface area contributed by atoms with E-state index < -0.39 is 0 Å². The number of benzene rings is 2. The van der Waals surface area contributed by atoms with Crippen LogP contribution in [-0.4, -0.2) is 29.3 Å². The summed E-state index contributed by atoms with van der Waals surface area (Å²) in [5.41, 5.74) is 8.90. The van der Waals surface area contributed by atoms with E-state index in [0.29, 0.717) is 10.9 Å². The highest BCUT2D eigenvalue weighted by Crippen LogP contribution is 2.34. The van der Waals surface area contributed by atoms with Gasteiger partial charge in [-0.25, -0.2) is 0 Å². The van der Waals surface area contributed by atoms with Crippen molar-refractivity contribution < 1.29 is 9.59 Å². The molecule has 2 amide bonds. The second kappa shape index (κ2) is 9.62. The summed E-state index contributed by atoms with van der Waals surface area (Å²) >= 11 is 1.51. The SMILES string of the molecule is CC(=O)Nc1ccc(CN2CCCCC[C@@H]2Cc2c(C(N)=O)sc3ccccc23)cc1. The fraction of sp³-hybridized carbons (Fsp3) is 0.360. The van der Waals surface area contributed by atoms with Crippen molar-refractivity contribution in [2.24, 2.45) is 5.73 Å². The van der Waals surface area contributed by atoms with E-state index in [0.717, 1.165) is 47.3 Å². The van der Waals surface area contributed by atoms with Crippen LogP contribution in [0.2, 0.25) is 0 Å². The third kappa shape index (κ3) is 5.14. The maximum atomic E-state index is 12.2. The Balaban J connectivity index is 1.58. The minimum atomic E-state index is -0.329. The summed E-state index contributed by atoms with van der Waals surface area (Å²) < 4.78 is 1.13. The van der Waals surface area contributed by atoms with E-state index in [1.807, 2.05) is 24.3 Å². The molecule has 3 N–H and O–H groups in total. The number of hydrogen-bond donors (Lipinski definition) is 2. The molecule has 1 atom stereocenters. The van der Waals surface area contributed by atoms with Gasteiger partial charge in [-0.3, -0.25) is 14.5 Å². The molecule has 31 heavy (non-hydrogen) atoms. The number of nitrogens with two attached hydrogens (primary N) is 1. The van der Waals surface area contributed by atoms with Crippen LogP contribution in [0.25, 0.3) is 10.1 Å². The van der Waals surface area contributed by atoms with Gasteiger partial charge >= 0.3 is 0 Å². The van der Waals surface area contributed by atoms with Gasteiger partial charge in [0.25, 0.3) is 5.91 Å². The topological polar surface area (TPSA) is 75.4 Å². The number of amides is 2. The molecule has 1 fully saturated rings. The lowest BCUT2D eigenvalue weighted by molar-refractivity contribution is -0.114. The van der Waals surface area contributed by atoms with Crippen molar-refractivity contribution in [3.05, 3.63) is 64.5 Å². The Labute approximate surface area is 187 Å². The van der Waals surface area contributed by atoms with Gasteiger partial charge in [0, 0.05) is 29.9 Å². The van der Waals surface area contributed by atoms with Gasteiger partial charge < -0.3 is 11.1 Å². The van der Waals surface area contributed by atoms with E-state index in [9.17, 15) is 9.59 Å². The number of anilines is 1. The van der Waals surface area contributed by atoms with Crippen molar-refractivity contribution in [2.45, 2.75) is 51.6 Å². The lowest BCUT2D eigenvalue weighted by atomic mass is 9.97. The zero-order valence-electron chi connectivity index (χ0n) is 17.9. The average molecular weight is 436 g/mol. The molecule has 2 aromatic carbocycles. The number of carbonyl (C=O) groups excluding carboxylic acids is 2. The van der Waals surface area contributed by atoms with Crippen LogP contribution in [0.5, 0.6) is 0 Å². The van der Waals surface area contributed by atoms with Crippen molar-refractivity contribution >= 4 is 38.9 Å². The highest BCUT2D eigenvalue weighted by molar-refractivity contribution is 7.21. The lowest BCUT2D eigenvalue weighted by Crippen LogP contribution is -2.36. The predicted molar refractivity (Wildman–Crippen MR) is 127 cm³/mol. The van der Waals surface area contributed by atoms with E-state index in [1.165, 1.54) is 43.1 Å². The van der Waals surface area contributed by atoms with Gasteiger partial charge in [0.1, 0.15) is 0 Å². The molecule has 0 unspecified atom stereocenters. The van der Waals surface area contributed by atoms with Crippen LogP contribution in [0.3, 0.4) is 0 Å². The Kier molecular flexibility index (Phi) is 6.68. The summed E-state index contributed by atoms with van der Waals surface area (Å²) in [6.07, 6.45) is 5.59. The number of fused-ring (bicyclic) bond motifs is 1. The highest BCUT2D eigenvalue weighted by Gasteiger charge is 2.25. The van der Waals surface area contributed by atoms with Gasteiger partial charge in [0.05, 0.1) is 4.88 Å². The molecule has 2 heterocycles. The largest absolute Gasteiger partial charge is 0.365 e. The third-order valence-corrected chi connectivity index (χ3v) is 7.25. The number of nitrogens with zero attached hydrogens (tertiary/aromatic N) is 1. The van der Waals surface area contributed by atoms with Gasteiger partial charge in [0.15, 0.2) is 0 Å². The molecule has 1 aromatic heterocycles. The van der Waals surface area contributed by atoms with Crippen LogP contribution in [0.1, 0.15) is 53.4 Å². The summed E-state index contributed by atoms with van der Waals surface area (Å²) in [6, 6.07) is 16.7. The maximum Gasteiger partial charge on any atom is 0.259 e. The van der Waals surface area contributed by atoms with Crippen molar-refractivity contribution in [3.63, 3.8) is 0 Å². The Morgan fingerprint density at radius 1 is 1.10 bits per heavy atom. The van der Waals surface area contributed by atoms with Crippen LogP contribution in [0.15, 0.2) is 48.5 Å². The molecular formula is C25H29N3O2S. The Bertz CT molecular complexity index is 1070. The first kappa shape index (κ1) is 21.5. The summed E-state index contributed by atoms with van der Waals surface area (Å²) in [6.45, 7) is 3.43. The molecule has 1 aliphatic heterocycles. The smallest absolute Gasteiger partial charge is 0.259 e. The van der Waals surface area contributed by atoms with Crippen LogP contribution in [-0.2, 0) is 17.8 Å². The standard InChI is InChI=1S/C25H29N3O2S/c1-17(29)27-19-12-10-18(11-13-19)16-28-14-6-2-3-7-20(28)15-22-21-8-4-5-9-23(21)31-24(22)25(26)30/h4-5,8-13,20H,2-3,6-7,14-16H2,1H3,(H2,26,30)(H,27,29)/t20-/m1/s1. The average Bonchev–Trinajstić information content (AvgIpc) is 2.97. The van der Waals surface area contributed by atoms with Crippen LogP contribution in [0, 0.1) is 0 Å². The minimum absolute atomic E-state index is 0.0615. The summed E-state index contributed by atoms with van der Waals surface area (Å²) in [7, 11) is 0. The number of primary amides is 1. The second-order valence-electron chi connectivity index (χ2n) is 8.33. The Morgan fingerprint density at radius 3 is 2.61 bits per heavy atom. The second-order valence-corrected chi connectivity index (χ2v) is 9.38. The molecule has 1 saturated heterocycles. The van der Waals surface area contributed by atoms with E-state index in [-0.39, 0.29) is 11.8 Å². The molecule has 0 bridgehead atoms. The molecule has 0 spiro atoms. The monoisotopic (exact) mass is 435 g/mol. The molecular weight excluding hydrogens is 406 g/mol. The van der Waals surface area contributed by atoms with Crippen molar-refractivity contribution in [1.82, 2.24) is 4.90 Å². The van der Waals surface area contributed by atoms with Crippen molar-refractivity contribution in [2.75, 3.05) is 11.9 Å². The molecule has 162 valence electrons. The molecule has 0 aliphatic carbocycles. The van der Waals surface area contributed by atoms with Crippen LogP contribution < -0.4 is 11.1 Å². The Morgan fingerprint density at radius 2 is 1.87 bits per heavy atom. The highest BCUT2D eigenvalue weighted by atomic mass is 32.1. The maximum absolute atomic E-state index is 12.2. The molecule has 6 heteroatoms. The summed E-state index contributed by atoms with van der Waals surface area (Å²) in [4.78, 5) is 26.7. The fourth-order valence-electron chi connectivity index (χ4n) is 4.54. The van der Waals surface area contributed by atoms with Gasteiger partial charge in [-0.05, 0) is 60.5 Å². The van der Waals surface area contributed by atoms with Gasteiger partial charge in [-0.15, -0.1) is 11.3 Å². The van der Waals surface area contributed by atoms with Crippen molar-refractivity contribution in [1.29, 1.82) is 0 Å². The quantitative estimate of drug-likeness (QED) is 0.575. The Hall–Kier alpha value is -2.70. The predicted octanol–water partition coefficient (Wildman–Crippen LogP) is 4.95. The van der Waals surface area contributed by atoms with Crippen LogP contribution in [0.4, 0.5) is 5.69 Å². The molecule has 0 radical (unpaired) electrons. The number of carbonyl (C=O) groups is 2. The molecule has 1 aliphatic rings. The van der Waals surface area contributed by atoms with E-state index in [2.05, 4.69) is 34.5 Å². The molecule has 5 nitrogen and oxygen atoms in total. The zero-order valence-corrected chi connectivity index (χ0v) is 18.7. The number of thiophene rings is 1. The van der Waals surface area contributed by atoms with E-state index >= 15 is 0 Å². The number of nitrogens with one attached hydrogen (secondary N) is 1. The van der Waals surface area contributed by atoms with E-state index in [4.69, 9.17) is 5.73 Å². The number of rotatable bonds is 6. The summed E-state index contributed by atoms with van der Waals surface area (Å²) in [5, 5.41) is 3.98.